The van der Waals surface area contributed by atoms with Gasteiger partial charge in [0.15, 0.2) is 0 Å². The Bertz CT molecular complexity index is 738. The summed E-state index contributed by atoms with van der Waals surface area (Å²) >= 11 is 0. The average molecular weight is 384 g/mol. The molecule has 2 rings (SSSR count). The van der Waals surface area contributed by atoms with E-state index in [0.29, 0.717) is 11.5 Å². The number of hydrogen-bond acceptors (Lipinski definition) is 4. The third-order valence-electron chi connectivity index (χ3n) is 4.44. The number of hydrogen-bond donors (Lipinski definition) is 2. The number of aliphatic carboxylic acids is 2. The lowest BCUT2D eigenvalue weighted by atomic mass is 9.94. The van der Waals surface area contributed by atoms with Gasteiger partial charge in [-0.1, -0.05) is 36.4 Å². The molecule has 0 saturated carbocycles. The quantitative estimate of drug-likeness (QED) is 0.610. The summed E-state index contributed by atoms with van der Waals surface area (Å²) in [5, 5.41) is 19.0. The molecule has 2 N–H and O–H groups in total. The summed E-state index contributed by atoms with van der Waals surface area (Å²) in [6.45, 7) is 0. The molecule has 0 fully saturated rings. The summed E-state index contributed by atoms with van der Waals surface area (Å²) < 4.78 is 10.2. The molecule has 28 heavy (non-hydrogen) atoms. The predicted octanol–water partition coefficient (Wildman–Crippen LogP) is 3.45. The first kappa shape index (κ1) is 21.0. The summed E-state index contributed by atoms with van der Waals surface area (Å²) in [6, 6.07) is 14.3. The molecule has 0 aliphatic heterocycles. The molecule has 0 aliphatic rings. The van der Waals surface area contributed by atoms with Crippen LogP contribution in [-0.2, 0) is 22.4 Å². The van der Waals surface area contributed by atoms with E-state index in [1.165, 1.54) is 12.2 Å². The van der Waals surface area contributed by atoms with Crippen molar-refractivity contribution in [2.75, 3.05) is 14.2 Å². The lowest BCUT2D eigenvalue weighted by Crippen LogP contribution is -2.17. The number of carbonyl (C=O) groups is 2. The lowest BCUT2D eigenvalue weighted by Gasteiger charge is -2.12. The Hall–Kier alpha value is -3.28. The number of carboxylic acid groups (broad SMARTS) is 2. The monoisotopic (exact) mass is 384 g/mol. The predicted molar refractivity (Wildman–Crippen MR) is 105 cm³/mol. The second kappa shape index (κ2) is 10.2. The van der Waals surface area contributed by atoms with Gasteiger partial charge in [-0.3, -0.25) is 9.59 Å². The first-order chi connectivity index (χ1) is 13.4. The van der Waals surface area contributed by atoms with Gasteiger partial charge in [0.25, 0.3) is 0 Å². The summed E-state index contributed by atoms with van der Waals surface area (Å²) in [6.07, 6.45) is 3.47. The Balaban J connectivity index is 2.09. The maximum atomic E-state index is 11.6. The fourth-order valence-electron chi connectivity index (χ4n) is 2.77. The Morgan fingerprint density at radius 2 is 1.07 bits per heavy atom. The van der Waals surface area contributed by atoms with Crippen LogP contribution in [0.4, 0.5) is 0 Å². The number of methoxy groups -OCH3 is 2. The van der Waals surface area contributed by atoms with Crippen molar-refractivity contribution < 1.29 is 29.3 Å². The van der Waals surface area contributed by atoms with Crippen molar-refractivity contribution in [3.05, 3.63) is 71.8 Å². The fourth-order valence-corrected chi connectivity index (χ4v) is 2.77. The van der Waals surface area contributed by atoms with E-state index in [0.717, 1.165) is 11.1 Å². The van der Waals surface area contributed by atoms with Gasteiger partial charge in [0.1, 0.15) is 11.5 Å². The second-order valence-electron chi connectivity index (χ2n) is 6.38. The minimum absolute atomic E-state index is 0.269. The van der Waals surface area contributed by atoms with Crippen LogP contribution in [0.5, 0.6) is 11.5 Å². The minimum atomic E-state index is -0.999. The average Bonchev–Trinajstić information content (AvgIpc) is 2.70. The van der Waals surface area contributed by atoms with E-state index in [9.17, 15) is 19.8 Å². The Kier molecular flexibility index (Phi) is 7.63. The van der Waals surface area contributed by atoms with Crippen molar-refractivity contribution in [2.24, 2.45) is 11.8 Å². The first-order valence-electron chi connectivity index (χ1n) is 8.82. The molecular weight excluding hydrogens is 360 g/mol. The third kappa shape index (κ3) is 6.16. The van der Waals surface area contributed by atoms with Crippen LogP contribution in [0.25, 0.3) is 0 Å². The van der Waals surface area contributed by atoms with Gasteiger partial charge in [0.2, 0.25) is 0 Å². The van der Waals surface area contributed by atoms with Crippen molar-refractivity contribution in [2.45, 2.75) is 12.8 Å². The van der Waals surface area contributed by atoms with Crippen LogP contribution < -0.4 is 9.47 Å². The van der Waals surface area contributed by atoms with E-state index in [2.05, 4.69) is 0 Å². The van der Waals surface area contributed by atoms with Crippen LogP contribution in [0.15, 0.2) is 60.7 Å². The molecule has 2 atom stereocenters. The van der Waals surface area contributed by atoms with E-state index >= 15 is 0 Å². The van der Waals surface area contributed by atoms with Gasteiger partial charge in [-0.05, 0) is 48.2 Å². The normalized spacial score (nSPS) is 13.1. The van der Waals surface area contributed by atoms with Crippen LogP contribution in [0.1, 0.15) is 11.1 Å². The molecule has 0 saturated heterocycles. The highest BCUT2D eigenvalue weighted by Gasteiger charge is 2.19. The molecule has 2 aromatic carbocycles. The van der Waals surface area contributed by atoms with E-state index in [1.54, 1.807) is 62.8 Å². The van der Waals surface area contributed by atoms with E-state index in [-0.39, 0.29) is 12.8 Å². The number of benzene rings is 2. The SMILES string of the molecule is COc1ccc(C[C@H](C=C[C@@H](Cc2ccc(OC)cc2)C(=O)O)C(=O)O)cc1. The summed E-state index contributed by atoms with van der Waals surface area (Å²) in [5.41, 5.74) is 1.67. The standard InChI is InChI=1S/C22H24O6/c1-27-19-9-3-15(4-10-19)13-17(21(23)24)7-8-18(22(25)26)14-16-5-11-20(28-2)12-6-16/h3-12,17-18H,13-14H2,1-2H3,(H,23,24)(H,25,26)/t17-,18-/m0/s1. The van der Waals surface area contributed by atoms with Gasteiger partial charge in [-0.2, -0.15) is 0 Å². The molecule has 6 nitrogen and oxygen atoms in total. The van der Waals surface area contributed by atoms with E-state index in [4.69, 9.17) is 9.47 Å². The van der Waals surface area contributed by atoms with Gasteiger partial charge in [-0.25, -0.2) is 0 Å². The van der Waals surface area contributed by atoms with Crippen LogP contribution >= 0.6 is 0 Å². The molecule has 0 heterocycles. The zero-order chi connectivity index (χ0) is 20.5. The van der Waals surface area contributed by atoms with Crippen LogP contribution in [0, 0.1) is 11.8 Å². The van der Waals surface area contributed by atoms with Crippen molar-refractivity contribution in [1.82, 2.24) is 0 Å². The molecule has 2 aromatic rings. The van der Waals surface area contributed by atoms with Crippen molar-refractivity contribution in [3.8, 4) is 11.5 Å². The third-order valence-corrected chi connectivity index (χ3v) is 4.44. The number of ether oxygens (including phenoxy) is 2. The molecule has 6 heteroatoms. The van der Waals surface area contributed by atoms with E-state index < -0.39 is 23.8 Å². The molecule has 0 unspecified atom stereocenters. The van der Waals surface area contributed by atoms with E-state index in [1.807, 2.05) is 0 Å². The van der Waals surface area contributed by atoms with Crippen molar-refractivity contribution in [3.63, 3.8) is 0 Å². The number of carboxylic acids is 2. The maximum absolute atomic E-state index is 11.6. The van der Waals surface area contributed by atoms with Gasteiger partial charge >= 0.3 is 11.9 Å². The largest absolute Gasteiger partial charge is 0.497 e. The Morgan fingerprint density at radius 3 is 1.32 bits per heavy atom. The summed E-state index contributed by atoms with van der Waals surface area (Å²) in [4.78, 5) is 23.2. The highest BCUT2D eigenvalue weighted by Crippen LogP contribution is 2.19. The van der Waals surface area contributed by atoms with Crippen LogP contribution in [0.3, 0.4) is 0 Å². The zero-order valence-electron chi connectivity index (χ0n) is 15.9. The van der Waals surface area contributed by atoms with Crippen LogP contribution in [0.2, 0.25) is 0 Å². The molecule has 0 amide bonds. The fraction of sp³-hybridized carbons (Fsp3) is 0.273. The molecule has 0 bridgehead atoms. The van der Waals surface area contributed by atoms with Crippen LogP contribution in [-0.4, -0.2) is 36.4 Å². The molecule has 0 radical (unpaired) electrons. The highest BCUT2D eigenvalue weighted by molar-refractivity contribution is 5.75. The first-order valence-corrected chi connectivity index (χ1v) is 8.82. The summed E-state index contributed by atoms with van der Waals surface area (Å²) in [5.74, 6) is -2.24. The molecular formula is C22H24O6. The Morgan fingerprint density at radius 1 is 0.750 bits per heavy atom. The topological polar surface area (TPSA) is 93.1 Å². The Labute approximate surface area is 164 Å². The smallest absolute Gasteiger partial charge is 0.310 e. The van der Waals surface area contributed by atoms with Gasteiger partial charge in [0.05, 0.1) is 26.1 Å². The van der Waals surface area contributed by atoms with Crippen molar-refractivity contribution in [1.29, 1.82) is 0 Å². The molecule has 0 aromatic heterocycles. The molecule has 0 spiro atoms. The second-order valence-corrected chi connectivity index (χ2v) is 6.38. The number of rotatable bonds is 10. The lowest BCUT2D eigenvalue weighted by molar-refractivity contribution is -0.141. The zero-order valence-corrected chi connectivity index (χ0v) is 15.9. The van der Waals surface area contributed by atoms with Gasteiger partial charge in [-0.15, -0.1) is 0 Å². The highest BCUT2D eigenvalue weighted by atomic mass is 16.5. The molecule has 148 valence electrons. The minimum Gasteiger partial charge on any atom is -0.497 e. The van der Waals surface area contributed by atoms with Gasteiger partial charge < -0.3 is 19.7 Å². The molecule has 0 aliphatic carbocycles. The van der Waals surface area contributed by atoms with Gasteiger partial charge in [0, 0.05) is 0 Å². The maximum Gasteiger partial charge on any atom is 0.310 e. The van der Waals surface area contributed by atoms with Crippen molar-refractivity contribution >= 4 is 11.9 Å². The summed E-state index contributed by atoms with van der Waals surface area (Å²) in [7, 11) is 3.12.